The van der Waals surface area contributed by atoms with E-state index in [1.807, 2.05) is 4.90 Å². The molecule has 0 spiro atoms. The van der Waals surface area contributed by atoms with Crippen LogP contribution in [0.5, 0.6) is 0 Å². The number of hydrogen-bond acceptors (Lipinski definition) is 5. The Bertz CT molecular complexity index is 1160. The molecule has 13 heteroatoms. The van der Waals surface area contributed by atoms with Gasteiger partial charge in [0.25, 0.3) is 0 Å². The molecular weight excluding hydrogens is 468 g/mol. The third-order valence-corrected chi connectivity index (χ3v) is 5.13. The second kappa shape index (κ2) is 8.87. The van der Waals surface area contributed by atoms with Crippen LogP contribution in [0.1, 0.15) is 11.4 Å². The first-order valence-electron chi connectivity index (χ1n) is 9.65. The Kier molecular flexibility index (Phi) is 6.13. The minimum Gasteiger partial charge on any atom is -0.389 e. The fourth-order valence-corrected chi connectivity index (χ4v) is 3.33. The van der Waals surface area contributed by atoms with Crippen molar-refractivity contribution in [2.24, 2.45) is 0 Å². The Labute approximate surface area is 189 Å². The maximum Gasteiger partial charge on any atom is 0.435 e. The normalized spacial score (nSPS) is 14.2. The number of amides is 2. The van der Waals surface area contributed by atoms with Gasteiger partial charge in [0.05, 0.1) is 40.9 Å². The van der Waals surface area contributed by atoms with Gasteiger partial charge >= 0.3 is 12.2 Å². The molecule has 0 saturated carbocycles. The van der Waals surface area contributed by atoms with Gasteiger partial charge in [-0.15, -0.1) is 0 Å². The number of aromatic nitrogens is 3. The molecular formula is C20H17ClF4N6O2. The number of urea groups is 1. The highest BCUT2D eigenvalue weighted by molar-refractivity contribution is 6.30. The molecule has 174 valence electrons. The Morgan fingerprint density at radius 1 is 1.21 bits per heavy atom. The SMILES string of the molecule is O=C(NCc1cc(C(F)(F)F)nn1-c1ccc(F)c(Cl)c1)Nc1ccc(N2CC(O)C2)nc1. The molecule has 3 aromatic rings. The van der Waals surface area contributed by atoms with Gasteiger partial charge in [-0.1, -0.05) is 11.6 Å². The van der Waals surface area contributed by atoms with Gasteiger partial charge < -0.3 is 20.6 Å². The van der Waals surface area contributed by atoms with E-state index in [1.165, 1.54) is 12.3 Å². The van der Waals surface area contributed by atoms with E-state index in [0.29, 0.717) is 24.6 Å². The van der Waals surface area contributed by atoms with E-state index < -0.39 is 23.7 Å². The highest BCUT2D eigenvalue weighted by atomic mass is 35.5. The molecule has 2 amide bonds. The minimum absolute atomic E-state index is 0.00460. The molecule has 0 unspecified atom stereocenters. The maximum atomic E-state index is 13.5. The zero-order valence-electron chi connectivity index (χ0n) is 16.8. The molecule has 0 bridgehead atoms. The quantitative estimate of drug-likeness (QED) is 0.481. The van der Waals surface area contributed by atoms with Crippen molar-refractivity contribution in [2.75, 3.05) is 23.3 Å². The highest BCUT2D eigenvalue weighted by Crippen LogP contribution is 2.30. The smallest absolute Gasteiger partial charge is 0.389 e. The number of benzene rings is 1. The number of carbonyl (C=O) groups excluding carboxylic acids is 1. The van der Waals surface area contributed by atoms with Crippen molar-refractivity contribution in [3.05, 3.63) is 64.8 Å². The van der Waals surface area contributed by atoms with Crippen molar-refractivity contribution in [1.82, 2.24) is 20.1 Å². The first-order valence-corrected chi connectivity index (χ1v) is 10.0. The number of halogens is 5. The first-order chi connectivity index (χ1) is 15.6. The summed E-state index contributed by atoms with van der Waals surface area (Å²) in [6, 6.07) is 6.76. The number of nitrogens with one attached hydrogen (secondary N) is 2. The molecule has 1 aliphatic heterocycles. The molecule has 3 heterocycles. The van der Waals surface area contributed by atoms with Crippen LogP contribution in [0.3, 0.4) is 0 Å². The van der Waals surface area contributed by atoms with E-state index >= 15 is 0 Å². The zero-order valence-corrected chi connectivity index (χ0v) is 17.5. The average molecular weight is 485 g/mol. The third kappa shape index (κ3) is 5.17. The topological polar surface area (TPSA) is 95.3 Å². The molecule has 1 aromatic carbocycles. The molecule has 1 fully saturated rings. The summed E-state index contributed by atoms with van der Waals surface area (Å²) in [6.07, 6.45) is -3.68. The van der Waals surface area contributed by atoms with Gasteiger partial charge in [-0.05, 0) is 36.4 Å². The van der Waals surface area contributed by atoms with Gasteiger partial charge in [-0.25, -0.2) is 18.9 Å². The Balaban J connectivity index is 1.45. The lowest BCUT2D eigenvalue weighted by Crippen LogP contribution is -2.51. The van der Waals surface area contributed by atoms with Crippen LogP contribution >= 0.6 is 11.6 Å². The summed E-state index contributed by atoms with van der Waals surface area (Å²) in [5.74, 6) is -0.0830. The largest absolute Gasteiger partial charge is 0.435 e. The van der Waals surface area contributed by atoms with E-state index in [9.17, 15) is 27.5 Å². The van der Waals surface area contributed by atoms with Crippen molar-refractivity contribution < 1.29 is 27.5 Å². The van der Waals surface area contributed by atoms with Crippen LogP contribution in [0.4, 0.5) is 33.9 Å². The standard InChI is InChI=1S/C20H17ClF4N6O2/c21-15-5-12(2-3-16(15)22)31-13(6-17(29-31)20(23,24)25)8-27-19(33)28-11-1-4-18(26-7-11)30-9-14(32)10-30/h1-7,14,32H,8-10H2,(H2,27,28,33). The number of nitrogens with zero attached hydrogens (tertiary/aromatic N) is 4. The molecule has 0 atom stereocenters. The zero-order chi connectivity index (χ0) is 23.8. The van der Waals surface area contributed by atoms with Crippen molar-refractivity contribution in [2.45, 2.75) is 18.8 Å². The first kappa shape index (κ1) is 22.8. The molecule has 0 aliphatic carbocycles. The van der Waals surface area contributed by atoms with Gasteiger partial charge in [0.2, 0.25) is 0 Å². The van der Waals surface area contributed by atoms with Crippen molar-refractivity contribution >= 4 is 29.1 Å². The molecule has 33 heavy (non-hydrogen) atoms. The predicted molar refractivity (Wildman–Crippen MR) is 112 cm³/mol. The number of rotatable bonds is 5. The summed E-state index contributed by atoms with van der Waals surface area (Å²) in [5, 5.41) is 17.6. The van der Waals surface area contributed by atoms with Gasteiger partial charge in [0.1, 0.15) is 11.6 Å². The summed E-state index contributed by atoms with van der Waals surface area (Å²) in [4.78, 5) is 18.3. The third-order valence-electron chi connectivity index (χ3n) is 4.84. The van der Waals surface area contributed by atoms with Crippen LogP contribution in [0.25, 0.3) is 5.69 Å². The van der Waals surface area contributed by atoms with Gasteiger partial charge in [0, 0.05) is 13.1 Å². The van der Waals surface area contributed by atoms with Crippen LogP contribution in [-0.2, 0) is 12.7 Å². The molecule has 8 nitrogen and oxygen atoms in total. The average Bonchev–Trinajstić information content (AvgIpc) is 3.17. The molecule has 3 N–H and O–H groups in total. The van der Waals surface area contributed by atoms with Crippen LogP contribution in [-0.4, -0.2) is 45.1 Å². The van der Waals surface area contributed by atoms with E-state index in [0.717, 1.165) is 22.9 Å². The van der Waals surface area contributed by atoms with E-state index in [4.69, 9.17) is 11.6 Å². The Hall–Kier alpha value is -3.38. The Morgan fingerprint density at radius 2 is 1.97 bits per heavy atom. The lowest BCUT2D eigenvalue weighted by atomic mass is 10.2. The minimum atomic E-state index is -4.72. The monoisotopic (exact) mass is 484 g/mol. The van der Waals surface area contributed by atoms with Crippen molar-refractivity contribution in [3.8, 4) is 5.69 Å². The van der Waals surface area contributed by atoms with Crippen LogP contribution < -0.4 is 15.5 Å². The maximum absolute atomic E-state index is 13.5. The number of carbonyl (C=O) groups is 1. The fourth-order valence-electron chi connectivity index (χ4n) is 3.16. The number of aliphatic hydroxyl groups excluding tert-OH is 1. The second-order valence-corrected chi connectivity index (χ2v) is 7.71. The van der Waals surface area contributed by atoms with Crippen molar-refractivity contribution in [1.29, 1.82) is 0 Å². The van der Waals surface area contributed by atoms with E-state index in [-0.39, 0.29) is 29.1 Å². The fraction of sp³-hybridized carbons (Fsp3) is 0.250. The number of aliphatic hydroxyl groups is 1. The number of anilines is 2. The lowest BCUT2D eigenvalue weighted by molar-refractivity contribution is -0.141. The van der Waals surface area contributed by atoms with Gasteiger partial charge in [-0.2, -0.15) is 18.3 Å². The summed E-state index contributed by atoms with van der Waals surface area (Å²) in [7, 11) is 0. The molecule has 2 aromatic heterocycles. The van der Waals surface area contributed by atoms with Crippen LogP contribution in [0.15, 0.2) is 42.6 Å². The van der Waals surface area contributed by atoms with E-state index in [1.54, 1.807) is 12.1 Å². The molecule has 1 saturated heterocycles. The Morgan fingerprint density at radius 3 is 2.58 bits per heavy atom. The molecule has 4 rings (SSSR count). The second-order valence-electron chi connectivity index (χ2n) is 7.30. The van der Waals surface area contributed by atoms with Crippen LogP contribution in [0.2, 0.25) is 5.02 Å². The summed E-state index contributed by atoms with van der Waals surface area (Å²) in [6.45, 7) is 0.654. The highest BCUT2D eigenvalue weighted by Gasteiger charge is 2.35. The van der Waals surface area contributed by atoms with Crippen LogP contribution in [0, 0.1) is 5.82 Å². The predicted octanol–water partition coefficient (Wildman–Crippen LogP) is 3.58. The lowest BCUT2D eigenvalue weighted by Gasteiger charge is -2.36. The van der Waals surface area contributed by atoms with Gasteiger partial charge in [0.15, 0.2) is 5.69 Å². The number of hydrogen-bond donors (Lipinski definition) is 3. The number of β-amino-alcohol motifs (C(OH)–C–C–N with tert-alkyl or cyclic N) is 1. The number of pyridine rings is 1. The summed E-state index contributed by atoms with van der Waals surface area (Å²) in [5.41, 5.74) is -0.696. The van der Waals surface area contributed by atoms with Crippen molar-refractivity contribution in [3.63, 3.8) is 0 Å². The molecule has 1 aliphatic rings. The molecule has 0 radical (unpaired) electrons. The summed E-state index contributed by atoms with van der Waals surface area (Å²) < 4.78 is 53.9. The van der Waals surface area contributed by atoms with Gasteiger partial charge in [-0.3, -0.25) is 0 Å². The van der Waals surface area contributed by atoms with E-state index in [2.05, 4.69) is 20.7 Å². The number of alkyl halides is 3. The summed E-state index contributed by atoms with van der Waals surface area (Å²) >= 11 is 5.74.